The minimum absolute atomic E-state index is 0.412. The third-order valence-electron chi connectivity index (χ3n) is 2.21. The van der Waals surface area contributed by atoms with Crippen LogP contribution in [0.5, 0.6) is 0 Å². The molecule has 1 rings (SSSR count). The molecule has 0 bridgehead atoms. The molecule has 0 radical (unpaired) electrons. The Balaban J connectivity index is 2.06. The molecular weight excluding hydrogens is 202 g/mol. The first-order valence-electron chi connectivity index (χ1n) is 5.83. The van der Waals surface area contributed by atoms with E-state index >= 15 is 0 Å². The van der Waals surface area contributed by atoms with Crippen molar-refractivity contribution in [1.82, 2.24) is 5.32 Å². The Kier molecular flexibility index (Phi) is 6.81. The fourth-order valence-electron chi connectivity index (χ4n) is 1.40. The lowest BCUT2D eigenvalue weighted by molar-refractivity contribution is 0.0372. The van der Waals surface area contributed by atoms with Crippen LogP contribution in [0.4, 0.5) is 0 Å². The normalized spacial score (nSPS) is 12.6. The SMILES string of the molecule is CCCOCC(O)CNCc1ccccc1. The Morgan fingerprint density at radius 1 is 1.31 bits per heavy atom. The first-order valence-corrected chi connectivity index (χ1v) is 5.83. The fourth-order valence-corrected chi connectivity index (χ4v) is 1.40. The van der Waals surface area contributed by atoms with Crippen molar-refractivity contribution in [2.24, 2.45) is 0 Å². The maximum absolute atomic E-state index is 9.57. The van der Waals surface area contributed by atoms with E-state index in [1.807, 2.05) is 18.2 Å². The zero-order valence-electron chi connectivity index (χ0n) is 9.86. The van der Waals surface area contributed by atoms with E-state index in [9.17, 15) is 5.11 Å². The Morgan fingerprint density at radius 2 is 2.06 bits per heavy atom. The Hall–Kier alpha value is -0.900. The largest absolute Gasteiger partial charge is 0.389 e. The molecule has 0 aliphatic carbocycles. The fraction of sp³-hybridized carbons (Fsp3) is 0.538. The third-order valence-corrected chi connectivity index (χ3v) is 2.21. The van der Waals surface area contributed by atoms with Crippen molar-refractivity contribution in [3.05, 3.63) is 35.9 Å². The number of rotatable bonds is 8. The molecule has 0 aliphatic rings. The smallest absolute Gasteiger partial charge is 0.0897 e. The van der Waals surface area contributed by atoms with Gasteiger partial charge in [-0.25, -0.2) is 0 Å². The molecule has 3 nitrogen and oxygen atoms in total. The molecule has 0 heterocycles. The molecule has 1 unspecified atom stereocenters. The maximum atomic E-state index is 9.57. The molecule has 1 atom stereocenters. The average molecular weight is 223 g/mol. The quantitative estimate of drug-likeness (QED) is 0.657. The van der Waals surface area contributed by atoms with E-state index in [1.165, 1.54) is 5.56 Å². The number of aliphatic hydroxyl groups excluding tert-OH is 1. The van der Waals surface area contributed by atoms with Crippen molar-refractivity contribution < 1.29 is 9.84 Å². The van der Waals surface area contributed by atoms with E-state index in [4.69, 9.17) is 4.74 Å². The minimum atomic E-state index is -0.421. The highest BCUT2D eigenvalue weighted by atomic mass is 16.5. The summed E-state index contributed by atoms with van der Waals surface area (Å²) < 4.78 is 5.26. The van der Waals surface area contributed by atoms with Crippen LogP contribution in [-0.2, 0) is 11.3 Å². The maximum Gasteiger partial charge on any atom is 0.0897 e. The van der Waals surface area contributed by atoms with Gasteiger partial charge < -0.3 is 15.2 Å². The van der Waals surface area contributed by atoms with Gasteiger partial charge in [0.05, 0.1) is 12.7 Å². The lowest BCUT2D eigenvalue weighted by Crippen LogP contribution is -2.30. The van der Waals surface area contributed by atoms with Gasteiger partial charge in [-0.05, 0) is 12.0 Å². The molecule has 3 heteroatoms. The zero-order chi connectivity index (χ0) is 11.6. The first-order chi connectivity index (χ1) is 7.83. The van der Waals surface area contributed by atoms with Gasteiger partial charge in [0.1, 0.15) is 0 Å². The Bertz CT molecular complexity index is 264. The van der Waals surface area contributed by atoms with E-state index in [1.54, 1.807) is 0 Å². The van der Waals surface area contributed by atoms with Crippen molar-refractivity contribution in [1.29, 1.82) is 0 Å². The van der Waals surface area contributed by atoms with Gasteiger partial charge in [-0.3, -0.25) is 0 Å². The number of hydrogen-bond acceptors (Lipinski definition) is 3. The summed E-state index contributed by atoms with van der Waals surface area (Å²) in [5.41, 5.74) is 1.23. The standard InChI is InChI=1S/C13H21NO2/c1-2-8-16-11-13(15)10-14-9-12-6-4-3-5-7-12/h3-7,13-15H,2,8-11H2,1H3. The molecule has 0 fully saturated rings. The lowest BCUT2D eigenvalue weighted by Gasteiger charge is -2.12. The van der Waals surface area contributed by atoms with E-state index in [0.29, 0.717) is 13.2 Å². The van der Waals surface area contributed by atoms with Crippen LogP contribution >= 0.6 is 0 Å². The molecule has 0 saturated heterocycles. The summed E-state index contributed by atoms with van der Waals surface area (Å²) in [6.07, 6.45) is 0.569. The van der Waals surface area contributed by atoms with Gasteiger partial charge in [0.2, 0.25) is 0 Å². The second-order valence-corrected chi connectivity index (χ2v) is 3.85. The van der Waals surface area contributed by atoms with Crippen LogP contribution in [0.1, 0.15) is 18.9 Å². The summed E-state index contributed by atoms with van der Waals surface area (Å²) in [5.74, 6) is 0. The van der Waals surface area contributed by atoms with Gasteiger partial charge in [0.15, 0.2) is 0 Å². The molecule has 16 heavy (non-hydrogen) atoms. The molecule has 2 N–H and O–H groups in total. The van der Waals surface area contributed by atoms with E-state index in [2.05, 4.69) is 24.4 Å². The van der Waals surface area contributed by atoms with Gasteiger partial charge in [0.25, 0.3) is 0 Å². The van der Waals surface area contributed by atoms with Crippen LogP contribution < -0.4 is 5.32 Å². The number of nitrogens with one attached hydrogen (secondary N) is 1. The number of ether oxygens (including phenoxy) is 1. The molecule has 1 aromatic rings. The number of hydrogen-bond donors (Lipinski definition) is 2. The van der Waals surface area contributed by atoms with Crippen LogP contribution in [0, 0.1) is 0 Å². The van der Waals surface area contributed by atoms with Gasteiger partial charge >= 0.3 is 0 Å². The summed E-state index contributed by atoms with van der Waals surface area (Å²) in [5, 5.41) is 12.8. The van der Waals surface area contributed by atoms with Crippen LogP contribution in [0.15, 0.2) is 30.3 Å². The second kappa shape index (κ2) is 8.28. The van der Waals surface area contributed by atoms with Crippen molar-refractivity contribution in [2.75, 3.05) is 19.8 Å². The Labute approximate surface area is 97.4 Å². The third kappa shape index (κ3) is 5.85. The van der Waals surface area contributed by atoms with Crippen LogP contribution in [-0.4, -0.2) is 31.0 Å². The lowest BCUT2D eigenvalue weighted by atomic mass is 10.2. The molecule has 0 amide bonds. The molecule has 0 saturated carbocycles. The molecule has 0 aromatic heterocycles. The van der Waals surface area contributed by atoms with Gasteiger partial charge in [-0.1, -0.05) is 37.3 Å². The molecule has 0 aliphatic heterocycles. The van der Waals surface area contributed by atoms with Crippen LogP contribution in [0.25, 0.3) is 0 Å². The van der Waals surface area contributed by atoms with E-state index < -0.39 is 6.10 Å². The first kappa shape index (κ1) is 13.2. The molecular formula is C13H21NO2. The van der Waals surface area contributed by atoms with Gasteiger partial charge in [0, 0.05) is 19.7 Å². The van der Waals surface area contributed by atoms with Crippen molar-refractivity contribution in [2.45, 2.75) is 26.0 Å². The topological polar surface area (TPSA) is 41.5 Å². The highest BCUT2D eigenvalue weighted by Gasteiger charge is 2.02. The molecule has 90 valence electrons. The van der Waals surface area contributed by atoms with Crippen molar-refractivity contribution in [3.63, 3.8) is 0 Å². The van der Waals surface area contributed by atoms with Gasteiger partial charge in [-0.2, -0.15) is 0 Å². The summed E-state index contributed by atoms with van der Waals surface area (Å²) in [6.45, 7) is 4.54. The predicted octanol–water partition coefficient (Wildman–Crippen LogP) is 1.56. The predicted molar refractivity (Wildman–Crippen MR) is 65.3 cm³/mol. The van der Waals surface area contributed by atoms with E-state index in [-0.39, 0.29) is 0 Å². The molecule has 0 spiro atoms. The number of benzene rings is 1. The van der Waals surface area contributed by atoms with Crippen molar-refractivity contribution in [3.8, 4) is 0 Å². The van der Waals surface area contributed by atoms with Crippen LogP contribution in [0.3, 0.4) is 0 Å². The summed E-state index contributed by atoms with van der Waals surface area (Å²) in [6, 6.07) is 10.1. The second-order valence-electron chi connectivity index (χ2n) is 3.85. The minimum Gasteiger partial charge on any atom is -0.389 e. The summed E-state index contributed by atoms with van der Waals surface area (Å²) in [7, 11) is 0. The van der Waals surface area contributed by atoms with Gasteiger partial charge in [-0.15, -0.1) is 0 Å². The average Bonchev–Trinajstić information content (AvgIpc) is 2.31. The van der Waals surface area contributed by atoms with Crippen LogP contribution in [0.2, 0.25) is 0 Å². The highest BCUT2D eigenvalue weighted by Crippen LogP contribution is 1.97. The van der Waals surface area contributed by atoms with E-state index in [0.717, 1.165) is 19.6 Å². The monoisotopic (exact) mass is 223 g/mol. The van der Waals surface area contributed by atoms with Crippen molar-refractivity contribution >= 4 is 0 Å². The zero-order valence-corrected chi connectivity index (χ0v) is 9.86. The number of aliphatic hydroxyl groups is 1. The Morgan fingerprint density at radius 3 is 2.75 bits per heavy atom. The summed E-state index contributed by atoms with van der Waals surface area (Å²) >= 11 is 0. The highest BCUT2D eigenvalue weighted by molar-refractivity contribution is 5.14. The summed E-state index contributed by atoms with van der Waals surface area (Å²) in [4.78, 5) is 0. The molecule has 1 aromatic carbocycles.